The van der Waals surface area contributed by atoms with Crippen LogP contribution in [0.25, 0.3) is 0 Å². The second kappa shape index (κ2) is 11.3. The molecule has 2 N–H and O–H groups in total. The number of carbonyl (C=O) groups is 2. The van der Waals surface area contributed by atoms with E-state index in [1.165, 1.54) is 6.92 Å². The summed E-state index contributed by atoms with van der Waals surface area (Å²) >= 11 is 0. The Kier molecular flexibility index (Phi) is 8.51. The molecule has 1 saturated heterocycles. The average Bonchev–Trinajstić information content (AvgIpc) is 2.92. The van der Waals surface area contributed by atoms with E-state index in [0.717, 1.165) is 5.56 Å². The molecular formula is C30H34F6N2O3. The number of rotatable bonds is 6. The number of carbonyl (C=O) groups excluding carboxylic acids is 1. The zero-order chi connectivity index (χ0) is 30.2. The van der Waals surface area contributed by atoms with Crippen LogP contribution < -0.4 is 5.32 Å². The van der Waals surface area contributed by atoms with Gasteiger partial charge in [0.25, 0.3) is 0 Å². The minimum Gasteiger partial charge on any atom is -0.481 e. The number of likely N-dealkylation sites (tertiary alicyclic amines) is 1. The molecule has 1 atom stereocenters. The van der Waals surface area contributed by atoms with Gasteiger partial charge in [0.1, 0.15) is 0 Å². The van der Waals surface area contributed by atoms with E-state index in [2.05, 4.69) is 10.2 Å². The molecule has 0 radical (unpaired) electrons. The molecule has 1 aliphatic carbocycles. The summed E-state index contributed by atoms with van der Waals surface area (Å²) in [4.78, 5) is 27.4. The van der Waals surface area contributed by atoms with Crippen molar-refractivity contribution in [1.29, 1.82) is 0 Å². The molecule has 0 spiro atoms. The van der Waals surface area contributed by atoms with Crippen molar-refractivity contribution in [3.63, 3.8) is 0 Å². The van der Waals surface area contributed by atoms with E-state index >= 15 is 0 Å². The van der Waals surface area contributed by atoms with Crippen LogP contribution in [-0.4, -0.2) is 41.0 Å². The molecule has 224 valence electrons. The molecular weight excluding hydrogens is 550 g/mol. The summed E-state index contributed by atoms with van der Waals surface area (Å²) < 4.78 is 80.6. The van der Waals surface area contributed by atoms with Crippen molar-refractivity contribution >= 4 is 11.9 Å². The fraction of sp³-hybridized carbons (Fsp3) is 0.533. The number of benzene rings is 2. The highest BCUT2D eigenvalue weighted by Gasteiger charge is 2.44. The van der Waals surface area contributed by atoms with Crippen molar-refractivity contribution in [1.82, 2.24) is 10.2 Å². The van der Waals surface area contributed by atoms with E-state index in [-0.39, 0.29) is 17.7 Å². The SMILES string of the molecule is CC(C(=O)NC1(c2ccccc2)CCC(N2CCC(C)(C(=O)O)CC2)CC1)c1cc(C(F)(F)F)cc(C(F)(F)F)c1. The highest BCUT2D eigenvalue weighted by molar-refractivity contribution is 5.84. The van der Waals surface area contributed by atoms with Crippen LogP contribution in [0.5, 0.6) is 0 Å². The molecule has 5 nitrogen and oxygen atoms in total. The van der Waals surface area contributed by atoms with Gasteiger partial charge in [-0.05, 0) is 94.8 Å². The molecule has 1 aliphatic heterocycles. The zero-order valence-corrected chi connectivity index (χ0v) is 22.9. The molecule has 1 saturated carbocycles. The normalized spacial score (nSPS) is 24.4. The van der Waals surface area contributed by atoms with Gasteiger partial charge in [-0.3, -0.25) is 9.59 Å². The maximum Gasteiger partial charge on any atom is 0.416 e. The van der Waals surface area contributed by atoms with E-state index < -0.39 is 52.2 Å². The van der Waals surface area contributed by atoms with E-state index in [4.69, 9.17) is 0 Å². The lowest BCUT2D eigenvalue weighted by molar-refractivity contribution is -0.151. The Morgan fingerprint density at radius 1 is 0.902 bits per heavy atom. The van der Waals surface area contributed by atoms with Crippen LogP contribution in [-0.2, 0) is 27.5 Å². The summed E-state index contributed by atoms with van der Waals surface area (Å²) in [6, 6.07) is 10.6. The Balaban J connectivity index is 1.55. The number of halogens is 6. The van der Waals surface area contributed by atoms with E-state index in [1.807, 2.05) is 30.3 Å². The van der Waals surface area contributed by atoms with Gasteiger partial charge < -0.3 is 15.3 Å². The summed E-state index contributed by atoms with van der Waals surface area (Å²) in [6.45, 7) is 4.35. The first-order valence-corrected chi connectivity index (χ1v) is 13.7. The van der Waals surface area contributed by atoms with Gasteiger partial charge in [-0.25, -0.2) is 0 Å². The van der Waals surface area contributed by atoms with Gasteiger partial charge in [0, 0.05) is 6.04 Å². The van der Waals surface area contributed by atoms with E-state index in [0.29, 0.717) is 63.7 Å². The number of hydrogen-bond acceptors (Lipinski definition) is 3. The molecule has 11 heteroatoms. The van der Waals surface area contributed by atoms with Gasteiger partial charge in [0.15, 0.2) is 0 Å². The van der Waals surface area contributed by atoms with E-state index in [1.54, 1.807) is 6.92 Å². The molecule has 0 aromatic heterocycles. The number of nitrogens with zero attached hydrogens (tertiary/aromatic N) is 1. The Labute approximate surface area is 234 Å². The van der Waals surface area contributed by atoms with Crippen LogP contribution in [0.4, 0.5) is 26.3 Å². The number of alkyl halides is 6. The third-order valence-corrected chi connectivity index (χ3v) is 8.94. The van der Waals surface area contributed by atoms with Crippen molar-refractivity contribution in [2.75, 3.05) is 13.1 Å². The molecule has 4 rings (SSSR count). The maximum atomic E-state index is 13.5. The van der Waals surface area contributed by atoms with Gasteiger partial charge in [0.2, 0.25) is 5.91 Å². The topological polar surface area (TPSA) is 69.6 Å². The number of nitrogens with one attached hydrogen (secondary N) is 1. The number of carboxylic acid groups (broad SMARTS) is 1. The maximum absolute atomic E-state index is 13.5. The molecule has 2 aliphatic rings. The first-order chi connectivity index (χ1) is 19.0. The molecule has 1 amide bonds. The third-order valence-electron chi connectivity index (χ3n) is 8.94. The molecule has 41 heavy (non-hydrogen) atoms. The fourth-order valence-corrected chi connectivity index (χ4v) is 6.02. The second-order valence-electron chi connectivity index (χ2n) is 11.6. The van der Waals surface area contributed by atoms with Gasteiger partial charge in [-0.2, -0.15) is 26.3 Å². The van der Waals surface area contributed by atoms with Crippen molar-refractivity contribution in [3.8, 4) is 0 Å². The average molecular weight is 585 g/mol. The molecule has 1 unspecified atom stereocenters. The molecule has 2 aromatic carbocycles. The van der Waals surface area contributed by atoms with Gasteiger partial charge in [0.05, 0.1) is 28.0 Å². The zero-order valence-electron chi connectivity index (χ0n) is 22.9. The molecule has 2 fully saturated rings. The Hall–Kier alpha value is -3.08. The van der Waals surface area contributed by atoms with Gasteiger partial charge >= 0.3 is 18.3 Å². The Bertz CT molecular complexity index is 1210. The number of hydrogen-bond donors (Lipinski definition) is 2. The van der Waals surface area contributed by atoms with Crippen molar-refractivity contribution in [3.05, 3.63) is 70.8 Å². The largest absolute Gasteiger partial charge is 0.481 e. The van der Waals surface area contributed by atoms with Crippen molar-refractivity contribution in [2.45, 2.75) is 82.2 Å². The summed E-state index contributed by atoms with van der Waals surface area (Å²) in [5.41, 5.74) is -4.06. The monoisotopic (exact) mass is 584 g/mol. The number of amides is 1. The Morgan fingerprint density at radius 3 is 1.88 bits per heavy atom. The minimum atomic E-state index is -5.01. The van der Waals surface area contributed by atoms with Crippen LogP contribution >= 0.6 is 0 Å². The van der Waals surface area contributed by atoms with E-state index in [9.17, 15) is 41.0 Å². The first kappa shape index (κ1) is 30.9. The minimum absolute atomic E-state index is 0.0560. The lowest BCUT2D eigenvalue weighted by atomic mass is 9.73. The second-order valence-corrected chi connectivity index (χ2v) is 11.6. The Morgan fingerprint density at radius 2 is 1.41 bits per heavy atom. The van der Waals surface area contributed by atoms with Crippen LogP contribution in [0.2, 0.25) is 0 Å². The summed E-state index contributed by atoms with van der Waals surface area (Å²) in [5, 5.41) is 12.6. The van der Waals surface area contributed by atoms with Gasteiger partial charge in [-0.1, -0.05) is 30.3 Å². The highest BCUT2D eigenvalue weighted by atomic mass is 19.4. The van der Waals surface area contributed by atoms with Gasteiger partial charge in [-0.15, -0.1) is 0 Å². The molecule has 1 heterocycles. The van der Waals surface area contributed by atoms with Crippen molar-refractivity contribution < 1.29 is 41.0 Å². The summed E-state index contributed by atoms with van der Waals surface area (Å²) in [6.07, 6.45) is -6.53. The summed E-state index contributed by atoms with van der Waals surface area (Å²) in [7, 11) is 0. The fourth-order valence-electron chi connectivity index (χ4n) is 6.02. The predicted molar refractivity (Wildman–Crippen MR) is 140 cm³/mol. The standard InChI is InChI=1S/C30H34F6N2O3/c1-19(20-16-22(29(31,32)33)18-23(17-20)30(34,35)36)25(39)37-28(21-6-4-3-5-7-21)10-8-24(9-11-28)38-14-12-27(2,13-15-38)26(40)41/h3-7,16-19,24H,8-15H2,1-2H3,(H,37,39)(H,40,41). The van der Waals surface area contributed by atoms with Crippen molar-refractivity contribution in [2.24, 2.45) is 5.41 Å². The number of piperidine rings is 1. The predicted octanol–water partition coefficient (Wildman–Crippen LogP) is 6.97. The number of aliphatic carboxylic acids is 1. The lowest BCUT2D eigenvalue weighted by Gasteiger charge is -2.47. The van der Waals surface area contributed by atoms with Crippen LogP contribution in [0, 0.1) is 5.41 Å². The molecule has 0 bridgehead atoms. The highest BCUT2D eigenvalue weighted by Crippen LogP contribution is 2.42. The van der Waals surface area contributed by atoms with Crippen LogP contribution in [0.3, 0.4) is 0 Å². The number of carboxylic acids is 1. The lowest BCUT2D eigenvalue weighted by Crippen LogP contribution is -2.54. The third kappa shape index (κ3) is 6.71. The quantitative estimate of drug-likeness (QED) is 0.360. The van der Waals surface area contributed by atoms with Crippen LogP contribution in [0.1, 0.15) is 80.5 Å². The molecule has 2 aromatic rings. The summed E-state index contributed by atoms with van der Waals surface area (Å²) in [5.74, 6) is -2.73. The first-order valence-electron chi connectivity index (χ1n) is 13.7. The van der Waals surface area contributed by atoms with Crippen LogP contribution in [0.15, 0.2) is 48.5 Å². The smallest absolute Gasteiger partial charge is 0.416 e.